The number of hydrogen-bond acceptors (Lipinski definition) is 3. The summed E-state index contributed by atoms with van der Waals surface area (Å²) in [5.41, 5.74) is -0.00347. The maximum Gasteiger partial charge on any atom is 0.254 e. The molecule has 1 aliphatic rings. The van der Waals surface area contributed by atoms with Gasteiger partial charge in [-0.3, -0.25) is 4.79 Å². The summed E-state index contributed by atoms with van der Waals surface area (Å²) in [5, 5.41) is 2.73. The van der Waals surface area contributed by atoms with E-state index in [9.17, 15) is 9.18 Å². The summed E-state index contributed by atoms with van der Waals surface area (Å²) in [6.07, 6.45) is 0.761. The quantitative estimate of drug-likeness (QED) is 0.866. The van der Waals surface area contributed by atoms with E-state index in [1.807, 2.05) is 0 Å². The second-order valence-corrected chi connectivity index (χ2v) is 3.88. The van der Waals surface area contributed by atoms with E-state index in [1.165, 1.54) is 25.3 Å². The summed E-state index contributed by atoms with van der Waals surface area (Å²) in [6.45, 7) is 1.11. The third-order valence-electron chi connectivity index (χ3n) is 2.68. The molecule has 92 valence electrons. The van der Waals surface area contributed by atoms with Gasteiger partial charge in [0.15, 0.2) is 0 Å². The molecule has 2 rings (SSSR count). The van der Waals surface area contributed by atoms with Gasteiger partial charge in [0.1, 0.15) is 11.6 Å². The molecule has 0 aliphatic carbocycles. The zero-order chi connectivity index (χ0) is 12.3. The number of methoxy groups -OCH3 is 1. The summed E-state index contributed by atoms with van der Waals surface area (Å²) in [7, 11) is 1.47. The zero-order valence-corrected chi connectivity index (χ0v) is 9.53. The molecular weight excluding hydrogens is 225 g/mol. The van der Waals surface area contributed by atoms with E-state index in [2.05, 4.69) is 5.32 Å². The molecule has 0 aromatic heterocycles. The molecule has 0 bridgehead atoms. The molecule has 0 radical (unpaired) electrons. The van der Waals surface area contributed by atoms with Crippen molar-refractivity contribution < 1.29 is 18.7 Å². The van der Waals surface area contributed by atoms with Crippen molar-refractivity contribution in [3.63, 3.8) is 0 Å². The van der Waals surface area contributed by atoms with Crippen LogP contribution in [0.5, 0.6) is 5.75 Å². The van der Waals surface area contributed by atoms with E-state index in [1.54, 1.807) is 0 Å². The lowest BCUT2D eigenvalue weighted by Crippen LogP contribution is -2.35. The van der Waals surface area contributed by atoms with Gasteiger partial charge in [-0.25, -0.2) is 4.39 Å². The van der Waals surface area contributed by atoms with Crippen LogP contribution in [0.2, 0.25) is 0 Å². The van der Waals surface area contributed by atoms with Crippen molar-refractivity contribution in [3.05, 3.63) is 29.6 Å². The van der Waals surface area contributed by atoms with Crippen LogP contribution in [-0.4, -0.2) is 32.3 Å². The second kappa shape index (κ2) is 5.14. The van der Waals surface area contributed by atoms with Crippen molar-refractivity contribution in [1.29, 1.82) is 0 Å². The van der Waals surface area contributed by atoms with Gasteiger partial charge >= 0.3 is 0 Å². The smallest absolute Gasteiger partial charge is 0.254 e. The monoisotopic (exact) mass is 239 g/mol. The molecule has 1 atom stereocenters. The van der Waals surface area contributed by atoms with E-state index in [0.29, 0.717) is 19.0 Å². The van der Waals surface area contributed by atoms with Gasteiger partial charge in [0.25, 0.3) is 5.91 Å². The van der Waals surface area contributed by atoms with Crippen molar-refractivity contribution in [2.45, 2.75) is 12.5 Å². The van der Waals surface area contributed by atoms with Crippen molar-refractivity contribution >= 4 is 5.91 Å². The van der Waals surface area contributed by atoms with E-state index in [-0.39, 0.29) is 11.6 Å². The minimum atomic E-state index is -0.554. The second-order valence-electron chi connectivity index (χ2n) is 3.88. The van der Waals surface area contributed by atoms with E-state index in [4.69, 9.17) is 9.47 Å². The fourth-order valence-electron chi connectivity index (χ4n) is 1.72. The lowest BCUT2D eigenvalue weighted by atomic mass is 10.1. The standard InChI is InChI=1S/C12H14FNO3/c1-16-9-2-3-11(13)10(6-9)12(15)14-8-4-5-17-7-8/h2-3,6,8H,4-5,7H2,1H3,(H,14,15). The predicted octanol–water partition coefficient (Wildman–Crippen LogP) is 1.35. The molecule has 4 nitrogen and oxygen atoms in total. The lowest BCUT2D eigenvalue weighted by Gasteiger charge is -2.11. The number of amides is 1. The number of halogens is 1. The molecule has 1 heterocycles. The summed E-state index contributed by atoms with van der Waals surface area (Å²) < 4.78 is 23.6. The van der Waals surface area contributed by atoms with Crippen LogP contribution in [0.4, 0.5) is 4.39 Å². The summed E-state index contributed by atoms with van der Waals surface area (Å²) in [5.74, 6) is -0.529. The Bertz CT molecular complexity index is 416. The van der Waals surface area contributed by atoms with E-state index in [0.717, 1.165) is 6.42 Å². The molecule has 1 saturated heterocycles. The predicted molar refractivity (Wildman–Crippen MR) is 59.6 cm³/mol. The van der Waals surface area contributed by atoms with Crippen molar-refractivity contribution in [1.82, 2.24) is 5.32 Å². The lowest BCUT2D eigenvalue weighted by molar-refractivity contribution is 0.0925. The molecule has 1 aromatic carbocycles. The first-order chi connectivity index (χ1) is 8.20. The Morgan fingerprint density at radius 2 is 2.41 bits per heavy atom. The normalized spacial score (nSPS) is 19.1. The Morgan fingerprint density at radius 3 is 3.06 bits per heavy atom. The van der Waals surface area contributed by atoms with Gasteiger partial charge in [0, 0.05) is 6.61 Å². The van der Waals surface area contributed by atoms with Crippen LogP contribution in [0.25, 0.3) is 0 Å². The number of rotatable bonds is 3. The number of ether oxygens (including phenoxy) is 2. The Hall–Kier alpha value is -1.62. The number of nitrogens with one attached hydrogen (secondary N) is 1. The minimum Gasteiger partial charge on any atom is -0.497 e. The average molecular weight is 239 g/mol. The maximum absolute atomic E-state index is 13.5. The van der Waals surface area contributed by atoms with Crippen molar-refractivity contribution in [2.75, 3.05) is 20.3 Å². The molecule has 1 aromatic rings. The molecule has 5 heteroatoms. The highest BCUT2D eigenvalue weighted by Gasteiger charge is 2.20. The van der Waals surface area contributed by atoms with Gasteiger partial charge < -0.3 is 14.8 Å². The van der Waals surface area contributed by atoms with Crippen LogP contribution >= 0.6 is 0 Å². The summed E-state index contributed by atoms with van der Waals surface area (Å²) in [4.78, 5) is 11.8. The van der Waals surface area contributed by atoms with Crippen LogP contribution in [0.3, 0.4) is 0 Å². The van der Waals surface area contributed by atoms with Crippen LogP contribution in [0, 0.1) is 5.82 Å². The molecule has 1 unspecified atom stereocenters. The third-order valence-corrected chi connectivity index (χ3v) is 2.68. The summed E-state index contributed by atoms with van der Waals surface area (Å²) >= 11 is 0. The van der Waals surface area contributed by atoms with Gasteiger partial charge in [-0.1, -0.05) is 0 Å². The van der Waals surface area contributed by atoms with Crippen molar-refractivity contribution in [3.8, 4) is 5.75 Å². The number of hydrogen-bond donors (Lipinski definition) is 1. The van der Waals surface area contributed by atoms with Crippen LogP contribution in [0.15, 0.2) is 18.2 Å². The minimum absolute atomic E-state index is 0.00347. The van der Waals surface area contributed by atoms with Crippen LogP contribution in [0.1, 0.15) is 16.8 Å². The van der Waals surface area contributed by atoms with Gasteiger partial charge in [-0.05, 0) is 24.6 Å². The largest absolute Gasteiger partial charge is 0.497 e. The van der Waals surface area contributed by atoms with E-state index < -0.39 is 11.7 Å². The fourth-order valence-corrected chi connectivity index (χ4v) is 1.72. The first kappa shape index (κ1) is 11.9. The van der Waals surface area contributed by atoms with Crippen LogP contribution < -0.4 is 10.1 Å². The molecule has 1 N–H and O–H groups in total. The van der Waals surface area contributed by atoms with Gasteiger partial charge in [-0.15, -0.1) is 0 Å². The first-order valence-electron chi connectivity index (χ1n) is 5.43. The van der Waals surface area contributed by atoms with Gasteiger partial charge in [0.2, 0.25) is 0 Å². The molecule has 0 spiro atoms. The Balaban J connectivity index is 2.11. The van der Waals surface area contributed by atoms with Crippen LogP contribution in [-0.2, 0) is 4.74 Å². The first-order valence-corrected chi connectivity index (χ1v) is 5.43. The Morgan fingerprint density at radius 1 is 1.59 bits per heavy atom. The molecule has 1 amide bonds. The molecular formula is C12H14FNO3. The van der Waals surface area contributed by atoms with E-state index >= 15 is 0 Å². The summed E-state index contributed by atoms with van der Waals surface area (Å²) in [6, 6.07) is 4.05. The van der Waals surface area contributed by atoms with Crippen molar-refractivity contribution in [2.24, 2.45) is 0 Å². The van der Waals surface area contributed by atoms with Gasteiger partial charge in [-0.2, -0.15) is 0 Å². The molecule has 17 heavy (non-hydrogen) atoms. The highest BCUT2D eigenvalue weighted by atomic mass is 19.1. The Labute approximate surface area is 98.7 Å². The Kier molecular flexibility index (Phi) is 3.58. The van der Waals surface area contributed by atoms with Gasteiger partial charge in [0.05, 0.1) is 25.3 Å². The SMILES string of the molecule is COc1ccc(F)c(C(=O)NC2CCOC2)c1. The number of carbonyl (C=O) groups is 1. The molecule has 1 fully saturated rings. The molecule has 0 saturated carbocycles. The highest BCUT2D eigenvalue weighted by Crippen LogP contribution is 2.17. The maximum atomic E-state index is 13.5. The number of benzene rings is 1. The topological polar surface area (TPSA) is 47.6 Å². The number of carbonyl (C=O) groups excluding carboxylic acids is 1. The zero-order valence-electron chi connectivity index (χ0n) is 9.53. The highest BCUT2D eigenvalue weighted by molar-refractivity contribution is 5.95. The third kappa shape index (κ3) is 2.74. The fraction of sp³-hybridized carbons (Fsp3) is 0.417. The molecule has 1 aliphatic heterocycles. The average Bonchev–Trinajstić information content (AvgIpc) is 2.82.